The lowest BCUT2D eigenvalue weighted by atomic mass is 10.1. The number of rotatable bonds is 2. The monoisotopic (exact) mass is 340 g/mol. The zero-order valence-corrected chi connectivity index (χ0v) is 15.8. The summed E-state index contributed by atoms with van der Waals surface area (Å²) in [5.41, 5.74) is -1.24. The molecule has 0 unspecified atom stereocenters. The van der Waals surface area contributed by atoms with Crippen LogP contribution in [0.25, 0.3) is 0 Å². The van der Waals surface area contributed by atoms with Crippen LogP contribution in [0, 0.1) is 0 Å². The molecule has 0 radical (unpaired) electrons. The molecule has 0 aromatic rings. The topological polar surface area (TPSA) is 76.2 Å². The first-order valence-corrected chi connectivity index (χ1v) is 7.85. The van der Waals surface area contributed by atoms with Gasteiger partial charge in [-0.05, 0) is 41.5 Å². The maximum atomic E-state index is 12.6. The van der Waals surface area contributed by atoms with Gasteiger partial charge in [-0.15, -0.1) is 0 Å². The number of carbonyl (C=O) groups is 3. The van der Waals surface area contributed by atoms with E-state index in [2.05, 4.69) is 0 Å². The van der Waals surface area contributed by atoms with Gasteiger partial charge in [0.05, 0.1) is 6.54 Å². The van der Waals surface area contributed by atoms with Crippen LogP contribution >= 0.6 is 0 Å². The second-order valence-corrected chi connectivity index (χ2v) is 8.02. The molecule has 1 fully saturated rings. The molecule has 0 saturated carbocycles. The van der Waals surface area contributed by atoms with Crippen molar-refractivity contribution < 1.29 is 23.9 Å². The van der Waals surface area contributed by atoms with E-state index in [1.165, 1.54) is 0 Å². The second kappa shape index (κ2) is 6.83. The molecular formula is C17H28N2O5. The van der Waals surface area contributed by atoms with Crippen LogP contribution in [0.3, 0.4) is 0 Å². The molecule has 0 aromatic carbocycles. The number of hydrogen-bond acceptors (Lipinski definition) is 6. The van der Waals surface area contributed by atoms with Crippen molar-refractivity contribution >= 4 is 17.8 Å². The SMILES string of the molecule is CN(C)C=C1C(=O)CN(C(=O)OC(C)(C)C)[C@@H]1C(=O)OC(C)(C)C. The van der Waals surface area contributed by atoms with Gasteiger partial charge in [0.2, 0.25) is 0 Å². The zero-order chi connectivity index (χ0) is 18.9. The molecule has 1 heterocycles. The molecule has 1 aliphatic rings. The summed E-state index contributed by atoms with van der Waals surface area (Å²) in [5, 5.41) is 0. The predicted octanol–water partition coefficient (Wildman–Crippen LogP) is 1.96. The van der Waals surface area contributed by atoms with Gasteiger partial charge in [-0.2, -0.15) is 0 Å². The summed E-state index contributed by atoms with van der Waals surface area (Å²) in [6, 6.07) is -1.10. The van der Waals surface area contributed by atoms with Crippen LogP contribution in [0.15, 0.2) is 11.8 Å². The average Bonchev–Trinajstić information content (AvgIpc) is 2.62. The van der Waals surface area contributed by atoms with Gasteiger partial charge in [-0.3, -0.25) is 9.69 Å². The first kappa shape index (κ1) is 20.0. The Bertz CT molecular complexity index is 552. The lowest BCUT2D eigenvalue weighted by Gasteiger charge is -2.29. The molecular weight excluding hydrogens is 312 g/mol. The molecule has 24 heavy (non-hydrogen) atoms. The summed E-state index contributed by atoms with van der Waals surface area (Å²) in [5.74, 6) is -0.947. The fourth-order valence-electron chi connectivity index (χ4n) is 2.18. The molecule has 136 valence electrons. The highest BCUT2D eigenvalue weighted by atomic mass is 16.6. The largest absolute Gasteiger partial charge is 0.458 e. The summed E-state index contributed by atoms with van der Waals surface area (Å²) in [6.07, 6.45) is 0.829. The van der Waals surface area contributed by atoms with E-state index in [4.69, 9.17) is 9.47 Å². The minimum atomic E-state index is -1.10. The Morgan fingerprint density at radius 2 is 1.58 bits per heavy atom. The van der Waals surface area contributed by atoms with E-state index in [0.29, 0.717) is 0 Å². The molecule has 0 aliphatic carbocycles. The van der Waals surface area contributed by atoms with E-state index in [-0.39, 0.29) is 17.9 Å². The van der Waals surface area contributed by atoms with Gasteiger partial charge >= 0.3 is 12.1 Å². The first-order chi connectivity index (χ1) is 10.7. The molecule has 0 spiro atoms. The number of amides is 1. The van der Waals surface area contributed by atoms with Crippen molar-refractivity contribution in [2.24, 2.45) is 0 Å². The van der Waals surface area contributed by atoms with E-state index >= 15 is 0 Å². The van der Waals surface area contributed by atoms with Crippen LogP contribution in [0.2, 0.25) is 0 Å². The zero-order valence-electron chi connectivity index (χ0n) is 15.8. The van der Waals surface area contributed by atoms with Gasteiger partial charge in [-0.25, -0.2) is 9.59 Å². The van der Waals surface area contributed by atoms with Crippen molar-refractivity contribution in [3.63, 3.8) is 0 Å². The minimum Gasteiger partial charge on any atom is -0.458 e. The summed E-state index contributed by atoms with van der Waals surface area (Å²) in [7, 11) is 3.48. The van der Waals surface area contributed by atoms with E-state index in [0.717, 1.165) is 4.90 Å². The van der Waals surface area contributed by atoms with Crippen LogP contribution in [-0.2, 0) is 19.1 Å². The Morgan fingerprint density at radius 1 is 1.08 bits per heavy atom. The minimum absolute atomic E-state index is 0.210. The summed E-state index contributed by atoms with van der Waals surface area (Å²) >= 11 is 0. The predicted molar refractivity (Wildman–Crippen MR) is 89.4 cm³/mol. The third-order valence-corrected chi connectivity index (χ3v) is 2.90. The molecule has 7 heteroatoms. The Kier molecular flexibility index (Phi) is 5.69. The van der Waals surface area contributed by atoms with Gasteiger partial charge in [0.15, 0.2) is 11.8 Å². The van der Waals surface area contributed by atoms with Crippen LogP contribution in [0.5, 0.6) is 0 Å². The van der Waals surface area contributed by atoms with Crippen LogP contribution < -0.4 is 0 Å². The van der Waals surface area contributed by atoms with Gasteiger partial charge in [0, 0.05) is 25.9 Å². The first-order valence-electron chi connectivity index (χ1n) is 7.85. The average molecular weight is 340 g/mol. The normalized spacial score (nSPS) is 20.3. The highest BCUT2D eigenvalue weighted by Crippen LogP contribution is 2.26. The third kappa shape index (κ3) is 5.54. The number of ether oxygens (including phenoxy) is 2. The number of esters is 1. The number of carbonyl (C=O) groups excluding carboxylic acids is 3. The Labute approximate surface area is 143 Å². The molecule has 0 aromatic heterocycles. The molecule has 1 rings (SSSR count). The molecule has 7 nitrogen and oxygen atoms in total. The fraction of sp³-hybridized carbons (Fsp3) is 0.706. The molecule has 0 N–H and O–H groups in total. The van der Waals surface area contributed by atoms with Crippen LogP contribution in [-0.4, -0.2) is 65.5 Å². The van der Waals surface area contributed by atoms with Gasteiger partial charge in [-0.1, -0.05) is 0 Å². The van der Waals surface area contributed by atoms with Crippen molar-refractivity contribution in [1.82, 2.24) is 9.80 Å². The van der Waals surface area contributed by atoms with Crippen LogP contribution in [0.1, 0.15) is 41.5 Å². The van der Waals surface area contributed by atoms with Crippen molar-refractivity contribution in [3.05, 3.63) is 11.8 Å². The van der Waals surface area contributed by atoms with Crippen molar-refractivity contribution in [2.45, 2.75) is 58.8 Å². The Hall–Kier alpha value is -2.05. The molecule has 1 atom stereocenters. The number of ketones is 1. The highest BCUT2D eigenvalue weighted by molar-refractivity contribution is 6.09. The number of Topliss-reactive ketones (excluding diaryl/α,β-unsaturated/α-hetero) is 1. The van der Waals surface area contributed by atoms with Gasteiger partial charge in [0.1, 0.15) is 11.2 Å². The van der Waals surface area contributed by atoms with Gasteiger partial charge < -0.3 is 14.4 Å². The summed E-state index contributed by atoms with van der Waals surface area (Å²) in [4.78, 5) is 40.1. The third-order valence-electron chi connectivity index (χ3n) is 2.90. The quantitative estimate of drug-likeness (QED) is 0.565. The Balaban J connectivity index is 3.20. The maximum Gasteiger partial charge on any atom is 0.411 e. The van der Waals surface area contributed by atoms with E-state index in [1.54, 1.807) is 66.7 Å². The Morgan fingerprint density at radius 3 is 2.00 bits per heavy atom. The van der Waals surface area contributed by atoms with Crippen molar-refractivity contribution in [1.29, 1.82) is 0 Å². The number of nitrogens with zero attached hydrogens (tertiary/aromatic N) is 2. The summed E-state index contributed by atoms with van der Waals surface area (Å²) < 4.78 is 10.7. The van der Waals surface area contributed by atoms with Crippen molar-refractivity contribution in [3.8, 4) is 0 Å². The van der Waals surface area contributed by atoms with E-state index in [1.807, 2.05) is 0 Å². The maximum absolute atomic E-state index is 12.6. The molecule has 1 amide bonds. The molecule has 1 saturated heterocycles. The van der Waals surface area contributed by atoms with E-state index in [9.17, 15) is 14.4 Å². The molecule has 1 aliphatic heterocycles. The smallest absolute Gasteiger partial charge is 0.411 e. The summed E-state index contributed by atoms with van der Waals surface area (Å²) in [6.45, 7) is 10.2. The fourth-order valence-corrected chi connectivity index (χ4v) is 2.18. The van der Waals surface area contributed by atoms with E-state index < -0.39 is 29.3 Å². The molecule has 0 bridgehead atoms. The highest BCUT2D eigenvalue weighted by Gasteiger charge is 2.46. The van der Waals surface area contributed by atoms with Gasteiger partial charge in [0.25, 0.3) is 0 Å². The second-order valence-electron chi connectivity index (χ2n) is 8.02. The number of hydrogen-bond donors (Lipinski definition) is 0. The van der Waals surface area contributed by atoms with Crippen molar-refractivity contribution in [2.75, 3.05) is 20.6 Å². The lowest BCUT2D eigenvalue weighted by Crippen LogP contribution is -2.46. The lowest BCUT2D eigenvalue weighted by molar-refractivity contribution is -0.158. The standard InChI is InChI=1S/C17H28N2O5/c1-16(2,3)23-14(21)13-11(9-18(7)8)12(20)10-19(13)15(22)24-17(4,5)6/h9,13H,10H2,1-8H3/t13-/m0/s1. The number of likely N-dealkylation sites (tertiary alicyclic amines) is 1. The van der Waals surface area contributed by atoms with Crippen LogP contribution in [0.4, 0.5) is 4.79 Å².